The van der Waals surface area contributed by atoms with Crippen LogP contribution in [-0.2, 0) is 16.0 Å². The molecule has 5 nitrogen and oxygen atoms in total. The van der Waals surface area contributed by atoms with Gasteiger partial charge in [0.2, 0.25) is 5.91 Å². The van der Waals surface area contributed by atoms with Gasteiger partial charge in [-0.15, -0.1) is 0 Å². The second kappa shape index (κ2) is 9.77. The van der Waals surface area contributed by atoms with Gasteiger partial charge in [-0.1, -0.05) is 38.3 Å². The second-order valence-electron chi connectivity index (χ2n) is 7.78. The minimum absolute atomic E-state index is 0.0200. The maximum absolute atomic E-state index is 12.4. The van der Waals surface area contributed by atoms with Gasteiger partial charge in [0.1, 0.15) is 5.75 Å². The number of likely N-dealkylation sites (tertiary alicyclic amines) is 1. The lowest BCUT2D eigenvalue weighted by Gasteiger charge is -2.33. The third kappa shape index (κ3) is 5.72. The molecule has 1 aromatic rings. The predicted octanol–water partition coefficient (Wildman–Crippen LogP) is 3.32. The average Bonchev–Trinajstić information content (AvgIpc) is 2.73. The number of hydrogen-bond acceptors (Lipinski definition) is 3. The highest BCUT2D eigenvalue weighted by Crippen LogP contribution is 2.24. The van der Waals surface area contributed by atoms with E-state index < -0.39 is 0 Å². The Labute approximate surface area is 162 Å². The van der Waals surface area contributed by atoms with Crippen LogP contribution in [0.1, 0.15) is 57.4 Å². The number of hydrogen-bond donors (Lipinski definition) is 1. The van der Waals surface area contributed by atoms with E-state index in [9.17, 15) is 9.59 Å². The summed E-state index contributed by atoms with van der Waals surface area (Å²) in [7, 11) is 0. The van der Waals surface area contributed by atoms with E-state index >= 15 is 0 Å². The number of aryl methyl sites for hydroxylation is 1. The molecule has 2 amide bonds. The fourth-order valence-corrected chi connectivity index (χ4v) is 4.01. The number of benzene rings is 1. The summed E-state index contributed by atoms with van der Waals surface area (Å²) in [5.74, 6) is 1.17. The lowest BCUT2D eigenvalue weighted by Crippen LogP contribution is -2.48. The lowest BCUT2D eigenvalue weighted by molar-refractivity contribution is -0.134. The standard InChI is InChI=1S/C22H32N2O3/c1-2-17-8-10-20(11-9-17)27-16-21(25)24-14-12-19(13-15-24)23-22(26)18-6-4-3-5-7-18/h8-11,18-19H,2-7,12-16H2,1H3,(H,23,26). The van der Waals surface area contributed by atoms with Crippen LogP contribution in [-0.4, -0.2) is 42.5 Å². The molecule has 27 heavy (non-hydrogen) atoms. The molecule has 0 bridgehead atoms. The highest BCUT2D eigenvalue weighted by atomic mass is 16.5. The molecule has 2 fully saturated rings. The van der Waals surface area contributed by atoms with Crippen LogP contribution >= 0.6 is 0 Å². The summed E-state index contributed by atoms with van der Waals surface area (Å²) in [6.45, 7) is 3.56. The summed E-state index contributed by atoms with van der Waals surface area (Å²) in [6.07, 6.45) is 8.31. The van der Waals surface area contributed by atoms with E-state index in [0.29, 0.717) is 13.1 Å². The van der Waals surface area contributed by atoms with E-state index in [-0.39, 0.29) is 30.4 Å². The Morgan fingerprint density at radius 1 is 1.04 bits per heavy atom. The Kier molecular flexibility index (Phi) is 7.13. The number of carbonyl (C=O) groups is 2. The molecule has 0 unspecified atom stereocenters. The van der Waals surface area contributed by atoms with Crippen LogP contribution in [0.2, 0.25) is 0 Å². The van der Waals surface area contributed by atoms with Crippen LogP contribution in [0.25, 0.3) is 0 Å². The van der Waals surface area contributed by atoms with Gasteiger partial charge in [0.15, 0.2) is 6.61 Å². The van der Waals surface area contributed by atoms with Crippen LogP contribution in [0.4, 0.5) is 0 Å². The predicted molar refractivity (Wildman–Crippen MR) is 106 cm³/mol. The van der Waals surface area contributed by atoms with Gasteiger partial charge in [-0.2, -0.15) is 0 Å². The summed E-state index contributed by atoms with van der Waals surface area (Å²) in [4.78, 5) is 26.6. The highest BCUT2D eigenvalue weighted by molar-refractivity contribution is 5.79. The van der Waals surface area contributed by atoms with Crippen LogP contribution in [0.15, 0.2) is 24.3 Å². The number of rotatable bonds is 6. The molecule has 0 radical (unpaired) electrons. The Hall–Kier alpha value is -2.04. The third-order valence-electron chi connectivity index (χ3n) is 5.86. The highest BCUT2D eigenvalue weighted by Gasteiger charge is 2.27. The molecule has 1 saturated heterocycles. The van der Waals surface area contributed by atoms with Gasteiger partial charge in [0.25, 0.3) is 5.91 Å². The normalized spacial score (nSPS) is 18.9. The van der Waals surface area contributed by atoms with Crippen molar-refractivity contribution in [2.24, 2.45) is 5.92 Å². The summed E-state index contributed by atoms with van der Waals surface area (Å²) >= 11 is 0. The molecular weight excluding hydrogens is 340 g/mol. The van der Waals surface area contributed by atoms with E-state index in [1.807, 2.05) is 29.2 Å². The Morgan fingerprint density at radius 3 is 2.33 bits per heavy atom. The van der Waals surface area contributed by atoms with Crippen molar-refractivity contribution in [1.82, 2.24) is 10.2 Å². The SMILES string of the molecule is CCc1ccc(OCC(=O)N2CCC(NC(=O)C3CCCCC3)CC2)cc1. The van der Waals surface area contributed by atoms with Crippen molar-refractivity contribution in [3.8, 4) is 5.75 Å². The molecule has 2 aliphatic rings. The summed E-state index contributed by atoms with van der Waals surface area (Å²) in [6, 6.07) is 8.09. The topological polar surface area (TPSA) is 58.6 Å². The molecule has 1 saturated carbocycles. The molecule has 0 atom stereocenters. The molecule has 1 aliphatic carbocycles. The minimum atomic E-state index is 0.0200. The molecule has 1 aliphatic heterocycles. The molecule has 5 heteroatoms. The van der Waals surface area contributed by atoms with Crippen LogP contribution in [0.5, 0.6) is 5.75 Å². The monoisotopic (exact) mass is 372 g/mol. The van der Waals surface area contributed by atoms with E-state index in [2.05, 4.69) is 12.2 Å². The van der Waals surface area contributed by atoms with Crippen molar-refractivity contribution in [1.29, 1.82) is 0 Å². The van der Waals surface area contributed by atoms with Gasteiger partial charge in [-0.3, -0.25) is 9.59 Å². The third-order valence-corrected chi connectivity index (χ3v) is 5.86. The largest absolute Gasteiger partial charge is 0.484 e. The summed E-state index contributed by atoms with van der Waals surface area (Å²) < 4.78 is 5.63. The lowest BCUT2D eigenvalue weighted by atomic mass is 9.88. The van der Waals surface area contributed by atoms with E-state index in [0.717, 1.165) is 37.9 Å². The average molecular weight is 373 g/mol. The number of piperidine rings is 1. The second-order valence-corrected chi connectivity index (χ2v) is 7.78. The van der Waals surface area contributed by atoms with Crippen LogP contribution in [0, 0.1) is 5.92 Å². The molecule has 1 N–H and O–H groups in total. The Balaban J connectivity index is 1.37. The molecule has 148 valence electrons. The first-order valence-electron chi connectivity index (χ1n) is 10.5. The fraction of sp³-hybridized carbons (Fsp3) is 0.636. The van der Waals surface area contributed by atoms with Crippen LogP contribution < -0.4 is 10.1 Å². The number of ether oxygens (including phenoxy) is 1. The molecular formula is C22H32N2O3. The van der Waals surface area contributed by atoms with Gasteiger partial charge < -0.3 is 15.0 Å². The van der Waals surface area contributed by atoms with Crippen molar-refractivity contribution in [2.75, 3.05) is 19.7 Å². The number of carbonyl (C=O) groups excluding carboxylic acids is 2. The maximum Gasteiger partial charge on any atom is 0.260 e. The fourth-order valence-electron chi connectivity index (χ4n) is 4.01. The quantitative estimate of drug-likeness (QED) is 0.833. The van der Waals surface area contributed by atoms with Gasteiger partial charge in [0, 0.05) is 25.0 Å². The zero-order valence-corrected chi connectivity index (χ0v) is 16.4. The van der Waals surface area contributed by atoms with Crippen molar-refractivity contribution < 1.29 is 14.3 Å². The minimum Gasteiger partial charge on any atom is -0.484 e. The Morgan fingerprint density at radius 2 is 1.70 bits per heavy atom. The van der Waals surface area contributed by atoms with Gasteiger partial charge in [-0.25, -0.2) is 0 Å². The molecule has 0 aromatic heterocycles. The smallest absolute Gasteiger partial charge is 0.260 e. The van der Waals surface area contributed by atoms with E-state index in [1.54, 1.807) is 0 Å². The zero-order valence-electron chi connectivity index (χ0n) is 16.4. The first kappa shape index (κ1) is 19.7. The molecule has 1 heterocycles. The summed E-state index contributed by atoms with van der Waals surface area (Å²) in [5, 5.41) is 3.21. The number of nitrogens with zero attached hydrogens (tertiary/aromatic N) is 1. The maximum atomic E-state index is 12.4. The van der Waals surface area contributed by atoms with Crippen molar-refractivity contribution >= 4 is 11.8 Å². The van der Waals surface area contributed by atoms with E-state index in [1.165, 1.54) is 24.8 Å². The van der Waals surface area contributed by atoms with E-state index in [4.69, 9.17) is 4.74 Å². The number of amides is 2. The molecule has 0 spiro atoms. The van der Waals surface area contributed by atoms with Gasteiger partial charge in [-0.05, 0) is 49.8 Å². The van der Waals surface area contributed by atoms with Crippen LogP contribution in [0.3, 0.4) is 0 Å². The van der Waals surface area contributed by atoms with Gasteiger partial charge >= 0.3 is 0 Å². The van der Waals surface area contributed by atoms with Gasteiger partial charge in [0.05, 0.1) is 0 Å². The summed E-state index contributed by atoms with van der Waals surface area (Å²) in [5.41, 5.74) is 1.26. The molecule has 1 aromatic carbocycles. The first-order chi connectivity index (χ1) is 13.2. The number of nitrogens with one attached hydrogen (secondary N) is 1. The van der Waals surface area contributed by atoms with Crippen molar-refractivity contribution in [3.63, 3.8) is 0 Å². The van der Waals surface area contributed by atoms with Crippen molar-refractivity contribution in [2.45, 2.75) is 64.3 Å². The zero-order chi connectivity index (χ0) is 19.1. The van der Waals surface area contributed by atoms with Crippen molar-refractivity contribution in [3.05, 3.63) is 29.8 Å². The first-order valence-corrected chi connectivity index (χ1v) is 10.5. The Bertz CT molecular complexity index is 615. The molecule has 3 rings (SSSR count).